The third-order valence-electron chi connectivity index (χ3n) is 2.93. The van der Waals surface area contributed by atoms with Crippen LogP contribution in [0.3, 0.4) is 0 Å². The highest BCUT2D eigenvalue weighted by Crippen LogP contribution is 2.14. The first-order chi connectivity index (χ1) is 7.81. The molecular weight excluding hydrogens is 268 g/mol. The van der Waals surface area contributed by atoms with E-state index in [2.05, 4.69) is 31.3 Å². The van der Waals surface area contributed by atoms with Crippen LogP contribution >= 0.6 is 15.9 Å². The molecule has 3 rings (SSSR count). The first-order valence-corrected chi connectivity index (χ1v) is 6.35. The fourth-order valence-corrected chi connectivity index (χ4v) is 2.46. The Hall–Kier alpha value is -0.940. The van der Waals surface area contributed by atoms with Gasteiger partial charge in [-0.3, -0.25) is 0 Å². The molecule has 0 saturated carbocycles. The molecule has 0 radical (unpaired) electrons. The normalized spacial score (nSPS) is 20.7. The second kappa shape index (κ2) is 4.14. The molecule has 1 fully saturated rings. The van der Waals surface area contributed by atoms with E-state index in [1.54, 1.807) is 0 Å². The SMILES string of the molecule is Brc1ccn2nc(CC3CCCN3)nc2c1. The Morgan fingerprint density at radius 3 is 3.31 bits per heavy atom. The van der Waals surface area contributed by atoms with Gasteiger partial charge in [-0.2, -0.15) is 5.10 Å². The van der Waals surface area contributed by atoms with Gasteiger partial charge in [0.15, 0.2) is 11.5 Å². The summed E-state index contributed by atoms with van der Waals surface area (Å²) in [7, 11) is 0. The van der Waals surface area contributed by atoms with E-state index in [1.807, 2.05) is 22.8 Å². The van der Waals surface area contributed by atoms with Crippen LogP contribution in [0.2, 0.25) is 0 Å². The van der Waals surface area contributed by atoms with Gasteiger partial charge in [-0.1, -0.05) is 15.9 Å². The lowest BCUT2D eigenvalue weighted by Crippen LogP contribution is -2.24. The first-order valence-electron chi connectivity index (χ1n) is 5.55. The van der Waals surface area contributed by atoms with Crippen LogP contribution in [0.25, 0.3) is 5.65 Å². The maximum Gasteiger partial charge on any atom is 0.156 e. The quantitative estimate of drug-likeness (QED) is 0.912. The van der Waals surface area contributed by atoms with Crippen molar-refractivity contribution in [1.82, 2.24) is 19.9 Å². The summed E-state index contributed by atoms with van der Waals surface area (Å²) in [5, 5.41) is 7.92. The summed E-state index contributed by atoms with van der Waals surface area (Å²) < 4.78 is 2.87. The number of hydrogen-bond acceptors (Lipinski definition) is 3. The van der Waals surface area contributed by atoms with E-state index in [4.69, 9.17) is 0 Å². The summed E-state index contributed by atoms with van der Waals surface area (Å²) in [6.07, 6.45) is 5.36. The van der Waals surface area contributed by atoms with Crippen LogP contribution in [0.4, 0.5) is 0 Å². The van der Waals surface area contributed by atoms with E-state index in [0.717, 1.165) is 28.9 Å². The van der Waals surface area contributed by atoms with E-state index >= 15 is 0 Å². The van der Waals surface area contributed by atoms with Crippen molar-refractivity contribution in [1.29, 1.82) is 0 Å². The number of pyridine rings is 1. The molecule has 0 bridgehead atoms. The number of aromatic nitrogens is 3. The van der Waals surface area contributed by atoms with Crippen molar-refractivity contribution in [3.05, 3.63) is 28.6 Å². The van der Waals surface area contributed by atoms with Crippen molar-refractivity contribution in [2.75, 3.05) is 6.54 Å². The van der Waals surface area contributed by atoms with Gasteiger partial charge in [-0.15, -0.1) is 0 Å². The standard InChI is InChI=1S/C11H13BrN4/c12-8-3-5-16-11(6-8)14-10(15-16)7-9-2-1-4-13-9/h3,5-6,9,13H,1-2,4,7H2. The van der Waals surface area contributed by atoms with E-state index < -0.39 is 0 Å². The second-order valence-electron chi connectivity index (χ2n) is 4.17. The highest BCUT2D eigenvalue weighted by Gasteiger charge is 2.16. The molecule has 84 valence electrons. The van der Waals surface area contributed by atoms with Gasteiger partial charge in [0.25, 0.3) is 0 Å². The number of fused-ring (bicyclic) bond motifs is 1. The summed E-state index contributed by atoms with van der Waals surface area (Å²) in [4.78, 5) is 4.52. The molecule has 1 aliphatic heterocycles. The molecule has 2 aromatic rings. The lowest BCUT2D eigenvalue weighted by Gasteiger charge is -2.05. The van der Waals surface area contributed by atoms with Crippen LogP contribution in [-0.2, 0) is 6.42 Å². The molecule has 4 nitrogen and oxygen atoms in total. The third kappa shape index (κ3) is 1.97. The number of nitrogens with one attached hydrogen (secondary N) is 1. The minimum atomic E-state index is 0.556. The first kappa shape index (κ1) is 10.2. The van der Waals surface area contributed by atoms with Crippen molar-refractivity contribution in [3.63, 3.8) is 0 Å². The minimum absolute atomic E-state index is 0.556. The van der Waals surface area contributed by atoms with E-state index in [-0.39, 0.29) is 0 Å². The molecule has 1 saturated heterocycles. The molecule has 16 heavy (non-hydrogen) atoms. The Kier molecular flexibility index (Phi) is 2.65. The maximum atomic E-state index is 4.52. The fraction of sp³-hybridized carbons (Fsp3) is 0.455. The lowest BCUT2D eigenvalue weighted by atomic mass is 10.1. The zero-order chi connectivity index (χ0) is 11.0. The van der Waals surface area contributed by atoms with Gasteiger partial charge in [-0.05, 0) is 31.5 Å². The number of hydrogen-bond donors (Lipinski definition) is 1. The minimum Gasteiger partial charge on any atom is -0.314 e. The van der Waals surface area contributed by atoms with Crippen LogP contribution in [0.5, 0.6) is 0 Å². The topological polar surface area (TPSA) is 42.2 Å². The van der Waals surface area contributed by atoms with Crippen molar-refractivity contribution in [2.24, 2.45) is 0 Å². The van der Waals surface area contributed by atoms with Crippen LogP contribution < -0.4 is 5.32 Å². The molecule has 3 heterocycles. The highest BCUT2D eigenvalue weighted by atomic mass is 79.9. The van der Waals surface area contributed by atoms with E-state index in [1.165, 1.54) is 12.8 Å². The molecule has 2 aromatic heterocycles. The summed E-state index contributed by atoms with van der Waals surface area (Å²) in [6.45, 7) is 1.13. The number of rotatable bonds is 2. The van der Waals surface area contributed by atoms with Crippen molar-refractivity contribution in [3.8, 4) is 0 Å². The largest absolute Gasteiger partial charge is 0.314 e. The molecular formula is C11H13BrN4. The highest BCUT2D eigenvalue weighted by molar-refractivity contribution is 9.10. The predicted octanol–water partition coefficient (Wildman–Crippen LogP) is 1.79. The predicted molar refractivity (Wildman–Crippen MR) is 65.4 cm³/mol. The van der Waals surface area contributed by atoms with Gasteiger partial charge in [0.2, 0.25) is 0 Å². The van der Waals surface area contributed by atoms with Gasteiger partial charge in [-0.25, -0.2) is 9.50 Å². The number of nitrogens with zero attached hydrogens (tertiary/aromatic N) is 3. The van der Waals surface area contributed by atoms with Crippen LogP contribution in [0, 0.1) is 0 Å². The van der Waals surface area contributed by atoms with E-state index in [9.17, 15) is 0 Å². The van der Waals surface area contributed by atoms with Crippen LogP contribution in [0.1, 0.15) is 18.7 Å². The maximum absolute atomic E-state index is 4.52. The zero-order valence-electron chi connectivity index (χ0n) is 8.86. The number of halogens is 1. The smallest absolute Gasteiger partial charge is 0.156 e. The summed E-state index contributed by atoms with van der Waals surface area (Å²) in [6, 6.07) is 4.51. The fourth-order valence-electron chi connectivity index (χ4n) is 2.14. The zero-order valence-corrected chi connectivity index (χ0v) is 10.4. The van der Waals surface area contributed by atoms with Gasteiger partial charge >= 0.3 is 0 Å². The van der Waals surface area contributed by atoms with Gasteiger partial charge in [0, 0.05) is 23.1 Å². The molecule has 0 amide bonds. The molecule has 0 spiro atoms. The lowest BCUT2D eigenvalue weighted by molar-refractivity contribution is 0.585. The third-order valence-corrected chi connectivity index (χ3v) is 3.43. The molecule has 5 heteroatoms. The Morgan fingerprint density at radius 1 is 1.56 bits per heavy atom. The Balaban J connectivity index is 1.86. The van der Waals surface area contributed by atoms with Crippen LogP contribution in [0.15, 0.2) is 22.8 Å². The summed E-state index contributed by atoms with van der Waals surface area (Å²) in [5.74, 6) is 0.928. The average molecular weight is 281 g/mol. The molecule has 1 unspecified atom stereocenters. The molecule has 0 aliphatic carbocycles. The molecule has 1 atom stereocenters. The average Bonchev–Trinajstić information content (AvgIpc) is 2.86. The molecule has 0 aromatic carbocycles. The second-order valence-corrected chi connectivity index (χ2v) is 5.09. The Bertz CT molecular complexity index is 502. The van der Waals surface area contributed by atoms with Crippen LogP contribution in [-0.4, -0.2) is 27.2 Å². The Morgan fingerprint density at radius 2 is 2.50 bits per heavy atom. The Labute approximate surface area is 102 Å². The van der Waals surface area contributed by atoms with Gasteiger partial charge in [0.05, 0.1) is 0 Å². The summed E-state index contributed by atoms with van der Waals surface area (Å²) in [5.41, 5.74) is 0.905. The van der Waals surface area contributed by atoms with Crippen molar-refractivity contribution >= 4 is 21.6 Å². The molecule has 1 N–H and O–H groups in total. The van der Waals surface area contributed by atoms with E-state index in [0.29, 0.717) is 6.04 Å². The van der Waals surface area contributed by atoms with Gasteiger partial charge in [0.1, 0.15) is 0 Å². The molecule has 1 aliphatic rings. The monoisotopic (exact) mass is 280 g/mol. The van der Waals surface area contributed by atoms with Crippen molar-refractivity contribution in [2.45, 2.75) is 25.3 Å². The van der Waals surface area contributed by atoms with Gasteiger partial charge < -0.3 is 5.32 Å². The van der Waals surface area contributed by atoms with Crippen molar-refractivity contribution < 1.29 is 0 Å². The summed E-state index contributed by atoms with van der Waals surface area (Å²) >= 11 is 3.44.